The number of rotatable bonds is 14. The molecule has 1 aliphatic carbocycles. The Labute approximate surface area is 247 Å². The number of carbonyl (C=O) groups excluding carboxylic acids is 2. The lowest BCUT2D eigenvalue weighted by Gasteiger charge is -2.22. The van der Waals surface area contributed by atoms with Crippen molar-refractivity contribution in [3.8, 4) is 23.0 Å². The number of halogens is 3. The van der Waals surface area contributed by atoms with Crippen molar-refractivity contribution in [1.29, 1.82) is 0 Å². The summed E-state index contributed by atoms with van der Waals surface area (Å²) >= 11 is 6.41. The van der Waals surface area contributed by atoms with E-state index in [4.69, 9.17) is 30.5 Å². The highest BCUT2D eigenvalue weighted by Gasteiger charge is 2.26. The number of esters is 1. The van der Waals surface area contributed by atoms with Gasteiger partial charge >= 0.3 is 12.6 Å². The summed E-state index contributed by atoms with van der Waals surface area (Å²) < 4.78 is 52.8. The lowest BCUT2D eigenvalue weighted by molar-refractivity contribution is -0.148. The highest BCUT2D eigenvalue weighted by atomic mass is 35.5. The second-order valence-corrected chi connectivity index (χ2v) is 10.1. The van der Waals surface area contributed by atoms with Crippen LogP contribution in [0.3, 0.4) is 0 Å². The van der Waals surface area contributed by atoms with E-state index in [1.165, 1.54) is 50.7 Å². The second kappa shape index (κ2) is 14.2. The molecule has 0 spiro atoms. The minimum absolute atomic E-state index is 0.111. The van der Waals surface area contributed by atoms with Crippen molar-refractivity contribution >= 4 is 23.5 Å². The zero-order valence-electron chi connectivity index (χ0n) is 23.3. The molecule has 4 rings (SSSR count). The van der Waals surface area contributed by atoms with Gasteiger partial charge in [-0.25, -0.2) is 0 Å². The Morgan fingerprint density at radius 3 is 2.43 bits per heavy atom. The van der Waals surface area contributed by atoms with Crippen LogP contribution in [-0.4, -0.2) is 50.8 Å². The van der Waals surface area contributed by atoms with Crippen molar-refractivity contribution in [3.63, 3.8) is 0 Å². The van der Waals surface area contributed by atoms with Crippen LogP contribution in [0.2, 0.25) is 5.02 Å². The first kappa shape index (κ1) is 30.8. The number of pyridine rings is 1. The summed E-state index contributed by atoms with van der Waals surface area (Å²) in [6.07, 6.45) is 4.36. The molecule has 0 unspecified atom stereocenters. The van der Waals surface area contributed by atoms with E-state index >= 15 is 0 Å². The number of nitrogens with zero attached hydrogens (tertiary/aromatic N) is 1. The fraction of sp³-hybridized carbons (Fsp3) is 0.367. The number of hydrogen-bond acceptors (Lipinski definition) is 8. The molecule has 0 aliphatic heterocycles. The van der Waals surface area contributed by atoms with Crippen molar-refractivity contribution < 1.29 is 42.1 Å². The van der Waals surface area contributed by atoms with E-state index in [1.54, 1.807) is 12.3 Å². The highest BCUT2D eigenvalue weighted by Crippen LogP contribution is 2.37. The minimum Gasteiger partial charge on any atom is -0.493 e. The van der Waals surface area contributed by atoms with Gasteiger partial charge in [-0.2, -0.15) is 8.78 Å². The third kappa shape index (κ3) is 8.22. The van der Waals surface area contributed by atoms with Crippen LogP contribution in [0.1, 0.15) is 46.0 Å². The number of aryl methyl sites for hydroxylation is 1. The summed E-state index contributed by atoms with van der Waals surface area (Å²) in [6.45, 7) is -1.31. The Balaban J connectivity index is 1.54. The Morgan fingerprint density at radius 2 is 1.76 bits per heavy atom. The number of nitrogens with one attached hydrogen (secondary N) is 1. The van der Waals surface area contributed by atoms with Crippen molar-refractivity contribution in [1.82, 2.24) is 10.3 Å². The molecule has 2 aromatic carbocycles. The first-order chi connectivity index (χ1) is 20.2. The van der Waals surface area contributed by atoms with Crippen LogP contribution in [-0.2, 0) is 16.0 Å². The van der Waals surface area contributed by atoms with Gasteiger partial charge in [-0.15, -0.1) is 0 Å². The van der Waals surface area contributed by atoms with E-state index in [0.717, 1.165) is 18.4 Å². The normalized spacial score (nSPS) is 13.3. The molecule has 0 saturated heterocycles. The molecule has 1 aromatic heterocycles. The van der Waals surface area contributed by atoms with Crippen LogP contribution in [0.25, 0.3) is 0 Å². The largest absolute Gasteiger partial charge is 0.493 e. The van der Waals surface area contributed by atoms with E-state index in [2.05, 4.69) is 15.0 Å². The summed E-state index contributed by atoms with van der Waals surface area (Å²) in [6, 6.07) is 8.99. The number of carbonyl (C=O) groups is 2. The quantitative estimate of drug-likeness (QED) is 0.233. The predicted molar refractivity (Wildman–Crippen MR) is 150 cm³/mol. The highest BCUT2D eigenvalue weighted by molar-refractivity contribution is 6.31. The number of ether oxygens (including phenoxy) is 5. The Hall–Kier alpha value is -4.12. The van der Waals surface area contributed by atoms with Gasteiger partial charge in [0.05, 0.1) is 25.8 Å². The topological polar surface area (TPSA) is 105 Å². The van der Waals surface area contributed by atoms with Gasteiger partial charge in [0.1, 0.15) is 12.6 Å². The van der Waals surface area contributed by atoms with Gasteiger partial charge < -0.3 is 29.0 Å². The first-order valence-electron chi connectivity index (χ1n) is 13.2. The van der Waals surface area contributed by atoms with Crippen molar-refractivity contribution in [2.45, 2.75) is 38.9 Å². The summed E-state index contributed by atoms with van der Waals surface area (Å²) in [5, 5.41) is 2.91. The molecular weight excluding hydrogens is 574 g/mol. The van der Waals surface area contributed by atoms with E-state index < -0.39 is 31.1 Å². The molecule has 3 aromatic rings. The predicted octanol–water partition coefficient (Wildman–Crippen LogP) is 5.71. The van der Waals surface area contributed by atoms with E-state index in [1.807, 2.05) is 6.92 Å². The van der Waals surface area contributed by atoms with E-state index in [-0.39, 0.29) is 23.5 Å². The lowest BCUT2D eigenvalue weighted by atomic mass is 9.98. The molecule has 1 N–H and O–H groups in total. The number of benzene rings is 2. The molecule has 1 amide bonds. The van der Waals surface area contributed by atoms with Crippen molar-refractivity contribution in [2.75, 3.05) is 27.4 Å². The molecule has 9 nitrogen and oxygen atoms in total. The molecule has 12 heteroatoms. The Kier molecular flexibility index (Phi) is 10.4. The van der Waals surface area contributed by atoms with Crippen LogP contribution in [0.5, 0.6) is 23.0 Å². The standard InChI is InChI=1S/C30H31ClF2N2O7/c1-17-13-34-14-22(31)21(17)12-25(19-6-9-24(42-30(32)33)27(10-19)40-16-18-4-5-18)41-28(36)15-35-29(37)20-7-8-23(38-2)26(11-20)39-3/h6-11,13-14,18,25,30H,4-5,12,15-16H2,1-3H3,(H,35,37)/t25-/m0/s1. The fourth-order valence-electron chi connectivity index (χ4n) is 4.19. The minimum atomic E-state index is -3.04. The Morgan fingerprint density at radius 1 is 1.02 bits per heavy atom. The van der Waals surface area contributed by atoms with Crippen LogP contribution in [0, 0.1) is 12.8 Å². The molecular formula is C30H31ClF2N2O7. The monoisotopic (exact) mass is 604 g/mol. The van der Waals surface area contributed by atoms with Crippen LogP contribution in [0.15, 0.2) is 48.8 Å². The van der Waals surface area contributed by atoms with Crippen LogP contribution >= 0.6 is 11.6 Å². The third-order valence-corrected chi connectivity index (χ3v) is 6.98. The number of methoxy groups -OCH3 is 2. The second-order valence-electron chi connectivity index (χ2n) is 9.69. The van der Waals surface area contributed by atoms with Gasteiger partial charge in [0, 0.05) is 24.4 Å². The summed E-state index contributed by atoms with van der Waals surface area (Å²) in [5.74, 6) is -0.107. The lowest BCUT2D eigenvalue weighted by Crippen LogP contribution is -2.31. The molecule has 0 radical (unpaired) electrons. The molecule has 1 aliphatic rings. The fourth-order valence-corrected chi connectivity index (χ4v) is 4.47. The van der Waals surface area contributed by atoms with Gasteiger partial charge in [-0.3, -0.25) is 14.6 Å². The maximum absolute atomic E-state index is 13.1. The number of hydrogen-bond donors (Lipinski definition) is 1. The molecule has 1 heterocycles. The third-order valence-electron chi connectivity index (χ3n) is 6.65. The average Bonchev–Trinajstić information content (AvgIpc) is 3.80. The first-order valence-corrected chi connectivity index (χ1v) is 13.6. The SMILES string of the molecule is COc1ccc(C(=O)NCC(=O)O[C@@H](Cc2c(C)cncc2Cl)c2ccc(OC(F)F)c(OCC3CC3)c2)cc1OC. The number of aromatic nitrogens is 1. The van der Waals surface area contributed by atoms with E-state index in [0.29, 0.717) is 40.2 Å². The maximum atomic E-state index is 13.1. The molecule has 1 fully saturated rings. The summed E-state index contributed by atoms with van der Waals surface area (Å²) in [5.41, 5.74) is 2.18. The zero-order chi connectivity index (χ0) is 30.2. The molecule has 0 bridgehead atoms. The molecule has 1 saturated carbocycles. The zero-order valence-corrected chi connectivity index (χ0v) is 24.1. The van der Waals surface area contributed by atoms with Crippen LogP contribution in [0.4, 0.5) is 8.78 Å². The van der Waals surface area contributed by atoms with Crippen LogP contribution < -0.4 is 24.3 Å². The summed E-state index contributed by atoms with van der Waals surface area (Å²) in [4.78, 5) is 29.8. The molecule has 42 heavy (non-hydrogen) atoms. The van der Waals surface area contributed by atoms with Gasteiger partial charge in [0.15, 0.2) is 23.0 Å². The number of amides is 1. The van der Waals surface area contributed by atoms with Crippen molar-refractivity contribution in [3.05, 3.63) is 76.1 Å². The van der Waals surface area contributed by atoms with Gasteiger partial charge in [0.25, 0.3) is 5.91 Å². The van der Waals surface area contributed by atoms with Gasteiger partial charge in [-0.05, 0) is 72.7 Å². The smallest absolute Gasteiger partial charge is 0.387 e. The number of alkyl halides is 2. The Bertz CT molecular complexity index is 1400. The maximum Gasteiger partial charge on any atom is 0.387 e. The molecule has 1 atom stereocenters. The van der Waals surface area contributed by atoms with Crippen molar-refractivity contribution in [2.24, 2.45) is 5.92 Å². The van der Waals surface area contributed by atoms with Gasteiger partial charge in [-0.1, -0.05) is 17.7 Å². The van der Waals surface area contributed by atoms with Gasteiger partial charge in [0.2, 0.25) is 0 Å². The average molecular weight is 605 g/mol. The van der Waals surface area contributed by atoms with E-state index in [9.17, 15) is 18.4 Å². The summed E-state index contributed by atoms with van der Waals surface area (Å²) in [7, 11) is 2.93. The molecule has 224 valence electrons.